The van der Waals surface area contributed by atoms with Gasteiger partial charge in [-0.25, -0.2) is 0 Å². The van der Waals surface area contributed by atoms with Gasteiger partial charge in [0.05, 0.1) is 7.11 Å². The lowest BCUT2D eigenvalue weighted by Crippen LogP contribution is -2.39. The summed E-state index contributed by atoms with van der Waals surface area (Å²) in [4.78, 5) is 25.8. The first kappa shape index (κ1) is 18.3. The van der Waals surface area contributed by atoms with Crippen molar-refractivity contribution in [1.29, 1.82) is 0 Å². The molecule has 136 valence electrons. The summed E-state index contributed by atoms with van der Waals surface area (Å²) in [6, 6.07) is 15.1. The summed E-state index contributed by atoms with van der Waals surface area (Å²) in [6.45, 7) is 2.89. The van der Waals surface area contributed by atoms with Crippen LogP contribution in [0, 0.1) is 0 Å². The molecule has 0 aromatic heterocycles. The predicted molar refractivity (Wildman–Crippen MR) is 105 cm³/mol. The van der Waals surface area contributed by atoms with Crippen LogP contribution in [0.4, 0.5) is 5.69 Å². The van der Waals surface area contributed by atoms with Crippen LogP contribution in [0.1, 0.15) is 28.1 Å². The third kappa shape index (κ3) is 4.38. The maximum atomic E-state index is 12.8. The van der Waals surface area contributed by atoms with Gasteiger partial charge in [-0.2, -0.15) is 11.8 Å². The molecule has 5 nitrogen and oxygen atoms in total. The van der Waals surface area contributed by atoms with Gasteiger partial charge in [-0.15, -0.1) is 0 Å². The molecule has 1 heterocycles. The van der Waals surface area contributed by atoms with Crippen LogP contribution >= 0.6 is 11.8 Å². The molecule has 1 unspecified atom stereocenters. The van der Waals surface area contributed by atoms with Gasteiger partial charge in [0.2, 0.25) is 5.91 Å². The molecule has 1 N–H and O–H groups in total. The van der Waals surface area contributed by atoms with Crippen molar-refractivity contribution >= 4 is 29.3 Å². The SMILES string of the molecule is COc1ccc(C2CN(C(=O)c3ccc(NC(C)=O)cc3)CCS2)cc1. The molecule has 2 aromatic carbocycles. The molecule has 26 heavy (non-hydrogen) atoms. The molecule has 2 amide bonds. The number of amides is 2. The summed E-state index contributed by atoms with van der Waals surface area (Å²) >= 11 is 1.87. The summed E-state index contributed by atoms with van der Waals surface area (Å²) in [6.07, 6.45) is 0. The van der Waals surface area contributed by atoms with Crippen LogP contribution in [0.5, 0.6) is 5.75 Å². The van der Waals surface area contributed by atoms with Crippen molar-refractivity contribution in [3.63, 3.8) is 0 Å². The number of hydrogen-bond donors (Lipinski definition) is 1. The molecule has 0 saturated carbocycles. The Labute approximate surface area is 157 Å². The minimum absolute atomic E-state index is 0.0261. The molecule has 0 spiro atoms. The Hall–Kier alpha value is -2.47. The van der Waals surface area contributed by atoms with E-state index in [9.17, 15) is 9.59 Å². The quantitative estimate of drug-likeness (QED) is 0.894. The summed E-state index contributed by atoms with van der Waals surface area (Å²) in [5.74, 6) is 1.64. The summed E-state index contributed by atoms with van der Waals surface area (Å²) in [5.41, 5.74) is 2.54. The van der Waals surface area contributed by atoms with Crippen molar-refractivity contribution in [2.75, 3.05) is 31.3 Å². The van der Waals surface area contributed by atoms with Crippen LogP contribution in [0.2, 0.25) is 0 Å². The van der Waals surface area contributed by atoms with E-state index >= 15 is 0 Å². The number of nitrogens with one attached hydrogen (secondary N) is 1. The first-order valence-corrected chi connectivity index (χ1v) is 9.54. The van der Waals surface area contributed by atoms with Gasteiger partial charge in [0.1, 0.15) is 5.75 Å². The highest BCUT2D eigenvalue weighted by atomic mass is 32.2. The smallest absolute Gasteiger partial charge is 0.253 e. The lowest BCUT2D eigenvalue weighted by atomic mass is 10.1. The molecule has 2 aromatic rings. The highest BCUT2D eigenvalue weighted by Crippen LogP contribution is 2.34. The minimum atomic E-state index is -0.125. The number of carbonyl (C=O) groups excluding carboxylic acids is 2. The first-order chi connectivity index (χ1) is 12.6. The van der Waals surface area contributed by atoms with Gasteiger partial charge >= 0.3 is 0 Å². The van der Waals surface area contributed by atoms with Crippen molar-refractivity contribution in [2.45, 2.75) is 12.2 Å². The second-order valence-electron chi connectivity index (χ2n) is 6.14. The summed E-state index contributed by atoms with van der Waals surface area (Å²) < 4.78 is 5.21. The zero-order valence-electron chi connectivity index (χ0n) is 14.9. The molecule has 1 saturated heterocycles. The van der Waals surface area contributed by atoms with E-state index in [0.717, 1.165) is 18.0 Å². The zero-order chi connectivity index (χ0) is 18.5. The van der Waals surface area contributed by atoms with Crippen LogP contribution in [0.25, 0.3) is 0 Å². The van der Waals surface area contributed by atoms with Crippen LogP contribution in [0.15, 0.2) is 48.5 Å². The standard InChI is InChI=1S/C20H22N2O3S/c1-14(23)21-17-7-3-16(4-8-17)20(24)22-11-12-26-19(13-22)15-5-9-18(25-2)10-6-15/h3-10,19H,11-13H2,1-2H3,(H,21,23). The molecule has 1 aliphatic rings. The highest BCUT2D eigenvalue weighted by Gasteiger charge is 2.26. The van der Waals surface area contributed by atoms with Crippen molar-refractivity contribution in [1.82, 2.24) is 4.90 Å². The Bertz CT molecular complexity index is 775. The lowest BCUT2D eigenvalue weighted by molar-refractivity contribution is -0.114. The van der Waals surface area contributed by atoms with Gasteiger partial charge in [0, 0.05) is 42.3 Å². The number of hydrogen-bond acceptors (Lipinski definition) is 4. The van der Waals surface area contributed by atoms with E-state index < -0.39 is 0 Å². The molecule has 0 bridgehead atoms. The van der Waals surface area contributed by atoms with Crippen molar-refractivity contribution in [3.05, 3.63) is 59.7 Å². The molecule has 0 radical (unpaired) electrons. The van der Waals surface area contributed by atoms with Gasteiger partial charge in [-0.3, -0.25) is 9.59 Å². The van der Waals surface area contributed by atoms with Crippen LogP contribution < -0.4 is 10.1 Å². The molecular weight excluding hydrogens is 348 g/mol. The zero-order valence-corrected chi connectivity index (χ0v) is 15.7. The van der Waals surface area contributed by atoms with Gasteiger partial charge in [0.15, 0.2) is 0 Å². The molecule has 0 aliphatic carbocycles. The fourth-order valence-corrected chi connectivity index (χ4v) is 4.18. The predicted octanol–water partition coefficient (Wildman–Crippen LogP) is 3.58. The fraction of sp³-hybridized carbons (Fsp3) is 0.300. The average molecular weight is 370 g/mol. The number of ether oxygens (including phenoxy) is 1. The van der Waals surface area contributed by atoms with E-state index in [-0.39, 0.29) is 17.1 Å². The van der Waals surface area contributed by atoms with Crippen molar-refractivity contribution in [2.24, 2.45) is 0 Å². The van der Waals surface area contributed by atoms with E-state index in [2.05, 4.69) is 17.4 Å². The van der Waals surface area contributed by atoms with Gasteiger partial charge in [-0.05, 0) is 42.0 Å². The minimum Gasteiger partial charge on any atom is -0.497 e. The molecule has 6 heteroatoms. The normalized spacial score (nSPS) is 16.8. The Balaban J connectivity index is 1.68. The number of thioether (sulfide) groups is 1. The van der Waals surface area contributed by atoms with E-state index in [1.165, 1.54) is 12.5 Å². The highest BCUT2D eigenvalue weighted by molar-refractivity contribution is 7.99. The maximum absolute atomic E-state index is 12.8. The summed E-state index contributed by atoms with van der Waals surface area (Å²) in [7, 11) is 1.65. The lowest BCUT2D eigenvalue weighted by Gasteiger charge is -2.32. The molecule has 1 aliphatic heterocycles. The van der Waals surface area contributed by atoms with Crippen molar-refractivity contribution < 1.29 is 14.3 Å². The first-order valence-electron chi connectivity index (χ1n) is 8.49. The largest absolute Gasteiger partial charge is 0.497 e. The average Bonchev–Trinajstić information content (AvgIpc) is 2.68. The number of rotatable bonds is 4. The van der Waals surface area contributed by atoms with Gasteiger partial charge < -0.3 is 15.0 Å². The number of anilines is 1. The Kier molecular flexibility index (Phi) is 5.83. The molecular formula is C20H22N2O3S. The number of carbonyl (C=O) groups is 2. The molecule has 1 atom stereocenters. The molecule has 3 rings (SSSR count). The van der Waals surface area contributed by atoms with Crippen molar-refractivity contribution in [3.8, 4) is 5.75 Å². The maximum Gasteiger partial charge on any atom is 0.253 e. The topological polar surface area (TPSA) is 58.6 Å². The van der Waals surface area contributed by atoms with E-state index in [4.69, 9.17) is 4.74 Å². The second-order valence-corrected chi connectivity index (χ2v) is 7.45. The van der Waals surface area contributed by atoms with E-state index in [1.807, 2.05) is 28.8 Å². The van der Waals surface area contributed by atoms with Gasteiger partial charge in [0.25, 0.3) is 5.91 Å². The number of methoxy groups -OCH3 is 1. The Morgan fingerprint density at radius 2 is 1.81 bits per heavy atom. The third-order valence-electron chi connectivity index (χ3n) is 4.29. The monoisotopic (exact) mass is 370 g/mol. The number of benzene rings is 2. The number of nitrogens with zero attached hydrogens (tertiary/aromatic N) is 1. The van der Waals surface area contributed by atoms with E-state index in [0.29, 0.717) is 17.8 Å². The van der Waals surface area contributed by atoms with E-state index in [1.54, 1.807) is 31.4 Å². The summed E-state index contributed by atoms with van der Waals surface area (Å²) in [5, 5.41) is 2.97. The second kappa shape index (κ2) is 8.27. The van der Waals surface area contributed by atoms with Crippen LogP contribution in [0.3, 0.4) is 0 Å². The molecule has 1 fully saturated rings. The van der Waals surface area contributed by atoms with Crippen LogP contribution in [-0.4, -0.2) is 42.7 Å². The van der Waals surface area contributed by atoms with Gasteiger partial charge in [-0.1, -0.05) is 12.1 Å². The fourth-order valence-electron chi connectivity index (χ4n) is 2.94. The Morgan fingerprint density at radius 1 is 1.12 bits per heavy atom. The Morgan fingerprint density at radius 3 is 2.42 bits per heavy atom. The van der Waals surface area contributed by atoms with Crippen LogP contribution in [-0.2, 0) is 4.79 Å². The third-order valence-corrected chi connectivity index (χ3v) is 5.54.